The van der Waals surface area contributed by atoms with Gasteiger partial charge in [-0.3, -0.25) is 4.79 Å². The van der Waals surface area contributed by atoms with Gasteiger partial charge in [-0.25, -0.2) is 24.3 Å². The average Bonchev–Trinajstić information content (AvgIpc) is 2.76. The van der Waals surface area contributed by atoms with Crippen molar-refractivity contribution in [1.29, 1.82) is 0 Å². The molecule has 10 nitrogen and oxygen atoms in total. The largest absolute Gasteiger partial charge is 0.506 e. The van der Waals surface area contributed by atoms with Crippen LogP contribution in [0.2, 0.25) is 0 Å². The van der Waals surface area contributed by atoms with Crippen molar-refractivity contribution in [1.82, 2.24) is 25.3 Å². The topological polar surface area (TPSA) is 173 Å². The van der Waals surface area contributed by atoms with Crippen molar-refractivity contribution in [2.45, 2.75) is 25.7 Å². The van der Waals surface area contributed by atoms with Crippen LogP contribution in [0.3, 0.4) is 0 Å². The van der Waals surface area contributed by atoms with E-state index in [0.29, 0.717) is 11.4 Å². The van der Waals surface area contributed by atoms with Gasteiger partial charge in [0.2, 0.25) is 5.95 Å². The van der Waals surface area contributed by atoms with E-state index in [1.54, 1.807) is 6.07 Å². The van der Waals surface area contributed by atoms with Crippen molar-refractivity contribution in [3.05, 3.63) is 42.0 Å². The minimum absolute atomic E-state index is 0.0828. The summed E-state index contributed by atoms with van der Waals surface area (Å²) in [6.45, 7) is 2.90. The number of hydrogen-bond donors (Lipinski definition) is 5. The Balaban J connectivity index is 0.000000668. The number of nitrogen functional groups attached to an aromatic ring is 2. The van der Waals surface area contributed by atoms with Crippen molar-refractivity contribution in [3.8, 4) is 28.4 Å². The van der Waals surface area contributed by atoms with Gasteiger partial charge in [0.05, 0.1) is 11.4 Å². The number of carbonyl (C=O) groups is 1. The van der Waals surface area contributed by atoms with Gasteiger partial charge in [0.1, 0.15) is 11.4 Å². The number of pyridine rings is 2. The molecule has 0 aromatic carbocycles. The third-order valence-corrected chi connectivity index (χ3v) is 4.83. The van der Waals surface area contributed by atoms with Gasteiger partial charge in [-0.2, -0.15) is 0 Å². The standard InChI is InChI=1S/C19H20FN7O.C2H4O2/c20-16-11(5-8-24-18(16)21)12-1-2-15(28)17(25-12)14-9-13(26-19(22)27-14)10-3-6-23-7-4-10;1-2(3)4/h1-2,5,8-10,23,28H,3-4,6-7H2,(H2,21,24)(H2,22,26,27);1H3,(H,3,4). The van der Waals surface area contributed by atoms with E-state index in [0.717, 1.165) is 38.5 Å². The van der Waals surface area contributed by atoms with E-state index in [-0.39, 0.29) is 34.7 Å². The van der Waals surface area contributed by atoms with E-state index in [2.05, 4.69) is 25.3 Å². The number of nitrogens with two attached hydrogens (primary N) is 2. The molecule has 7 N–H and O–H groups in total. The number of carboxylic acid groups (broad SMARTS) is 1. The molecule has 0 radical (unpaired) electrons. The van der Waals surface area contributed by atoms with E-state index >= 15 is 0 Å². The molecule has 0 spiro atoms. The molecule has 0 amide bonds. The molecule has 0 bridgehead atoms. The van der Waals surface area contributed by atoms with Crippen LogP contribution in [0.5, 0.6) is 5.75 Å². The Bertz CT molecular complexity index is 1120. The third-order valence-electron chi connectivity index (χ3n) is 4.83. The molecule has 1 aliphatic heterocycles. The van der Waals surface area contributed by atoms with Gasteiger partial charge in [-0.05, 0) is 50.2 Å². The normalized spacial score (nSPS) is 13.8. The molecule has 4 heterocycles. The van der Waals surface area contributed by atoms with Crippen molar-refractivity contribution in [2.24, 2.45) is 0 Å². The fourth-order valence-corrected chi connectivity index (χ4v) is 3.38. The number of aromatic hydroxyl groups is 1. The minimum atomic E-state index is -0.833. The number of piperidine rings is 1. The van der Waals surface area contributed by atoms with Crippen LogP contribution >= 0.6 is 0 Å². The molecule has 3 aromatic rings. The van der Waals surface area contributed by atoms with Crippen LogP contribution in [0, 0.1) is 5.82 Å². The van der Waals surface area contributed by atoms with Gasteiger partial charge in [-0.15, -0.1) is 0 Å². The second-order valence-corrected chi connectivity index (χ2v) is 7.20. The smallest absolute Gasteiger partial charge is 0.300 e. The lowest BCUT2D eigenvalue weighted by Gasteiger charge is -2.22. The molecular weight excluding hydrogens is 417 g/mol. The molecule has 4 rings (SSSR count). The zero-order valence-electron chi connectivity index (χ0n) is 17.4. The molecule has 168 valence electrons. The quantitative estimate of drug-likeness (QED) is 0.405. The van der Waals surface area contributed by atoms with Crippen LogP contribution in [0.4, 0.5) is 16.2 Å². The molecule has 11 heteroatoms. The van der Waals surface area contributed by atoms with Gasteiger partial charge < -0.3 is 27.0 Å². The molecule has 1 aliphatic rings. The maximum atomic E-state index is 14.4. The fourth-order valence-electron chi connectivity index (χ4n) is 3.38. The lowest BCUT2D eigenvalue weighted by molar-refractivity contribution is -0.134. The monoisotopic (exact) mass is 441 g/mol. The van der Waals surface area contributed by atoms with Gasteiger partial charge >= 0.3 is 0 Å². The molecule has 0 unspecified atom stereocenters. The van der Waals surface area contributed by atoms with Crippen molar-refractivity contribution in [2.75, 3.05) is 24.6 Å². The van der Waals surface area contributed by atoms with E-state index in [1.165, 1.54) is 24.4 Å². The Morgan fingerprint density at radius 3 is 2.50 bits per heavy atom. The van der Waals surface area contributed by atoms with Gasteiger partial charge in [-0.1, -0.05) is 0 Å². The Morgan fingerprint density at radius 1 is 1.12 bits per heavy atom. The van der Waals surface area contributed by atoms with Gasteiger partial charge in [0.15, 0.2) is 11.6 Å². The minimum Gasteiger partial charge on any atom is -0.506 e. The zero-order valence-corrected chi connectivity index (χ0v) is 17.4. The maximum Gasteiger partial charge on any atom is 0.300 e. The van der Waals surface area contributed by atoms with Crippen LogP contribution in [0.25, 0.3) is 22.6 Å². The number of nitrogens with zero attached hydrogens (tertiary/aromatic N) is 4. The number of halogens is 1. The number of rotatable bonds is 3. The Morgan fingerprint density at radius 2 is 1.81 bits per heavy atom. The predicted octanol–water partition coefficient (Wildman–Crippen LogP) is 2.17. The number of hydrogen-bond acceptors (Lipinski definition) is 9. The molecule has 3 aromatic heterocycles. The molecule has 1 saturated heterocycles. The highest BCUT2D eigenvalue weighted by atomic mass is 19.1. The van der Waals surface area contributed by atoms with Crippen molar-refractivity contribution in [3.63, 3.8) is 0 Å². The summed E-state index contributed by atoms with van der Waals surface area (Å²) < 4.78 is 14.4. The first kappa shape index (κ1) is 22.8. The van der Waals surface area contributed by atoms with E-state index < -0.39 is 11.8 Å². The van der Waals surface area contributed by atoms with E-state index in [1.807, 2.05) is 0 Å². The van der Waals surface area contributed by atoms with Gasteiger partial charge in [0.25, 0.3) is 5.97 Å². The lowest BCUT2D eigenvalue weighted by Crippen LogP contribution is -2.27. The van der Waals surface area contributed by atoms with Crippen LogP contribution in [0.15, 0.2) is 30.5 Å². The predicted molar refractivity (Wildman–Crippen MR) is 117 cm³/mol. The highest BCUT2D eigenvalue weighted by molar-refractivity contribution is 5.70. The molecule has 1 fully saturated rings. The second-order valence-electron chi connectivity index (χ2n) is 7.20. The first-order valence-corrected chi connectivity index (χ1v) is 9.91. The molecule has 0 aliphatic carbocycles. The second kappa shape index (κ2) is 9.96. The maximum absolute atomic E-state index is 14.4. The van der Waals surface area contributed by atoms with Gasteiger partial charge in [0, 0.05) is 30.3 Å². The number of carboxylic acids is 1. The van der Waals surface area contributed by atoms with Crippen LogP contribution < -0.4 is 16.8 Å². The summed E-state index contributed by atoms with van der Waals surface area (Å²) in [5.74, 6) is -1.43. The molecule has 32 heavy (non-hydrogen) atoms. The first-order chi connectivity index (χ1) is 15.3. The highest BCUT2D eigenvalue weighted by Gasteiger charge is 2.20. The SMILES string of the molecule is CC(=O)O.Nc1nc(-c2nc(-c3ccnc(N)c3F)ccc2O)cc(C2CCNCC2)n1. The average molecular weight is 441 g/mol. The first-order valence-electron chi connectivity index (χ1n) is 9.91. The molecule has 0 atom stereocenters. The van der Waals surface area contributed by atoms with Crippen LogP contribution in [-0.4, -0.2) is 49.2 Å². The summed E-state index contributed by atoms with van der Waals surface area (Å²) in [5, 5.41) is 21.1. The summed E-state index contributed by atoms with van der Waals surface area (Å²) in [4.78, 5) is 25.7. The van der Waals surface area contributed by atoms with E-state index in [4.69, 9.17) is 21.4 Å². The highest BCUT2D eigenvalue weighted by Crippen LogP contribution is 2.33. The molecule has 0 saturated carbocycles. The van der Waals surface area contributed by atoms with Crippen molar-refractivity contribution < 1.29 is 19.4 Å². The Labute approximate surface area is 183 Å². The number of aliphatic carboxylic acids is 1. The fraction of sp³-hybridized carbons (Fsp3) is 0.286. The summed E-state index contributed by atoms with van der Waals surface area (Å²) in [6.07, 6.45) is 3.29. The summed E-state index contributed by atoms with van der Waals surface area (Å²) in [7, 11) is 0. The Kier molecular flexibility index (Phi) is 7.11. The van der Waals surface area contributed by atoms with Crippen LogP contribution in [0.1, 0.15) is 31.4 Å². The van der Waals surface area contributed by atoms with Crippen molar-refractivity contribution >= 4 is 17.7 Å². The van der Waals surface area contributed by atoms with E-state index in [9.17, 15) is 9.50 Å². The number of anilines is 2. The third kappa shape index (κ3) is 5.43. The summed E-state index contributed by atoms with van der Waals surface area (Å²) in [5.41, 5.74) is 13.4. The number of aromatic nitrogens is 4. The summed E-state index contributed by atoms with van der Waals surface area (Å²) >= 11 is 0. The zero-order chi connectivity index (χ0) is 23.3. The Hall–Kier alpha value is -3.86. The summed E-state index contributed by atoms with van der Waals surface area (Å²) in [6, 6.07) is 6.21. The number of nitrogens with one attached hydrogen (secondary N) is 1. The molecular formula is C21H24FN7O3. The van der Waals surface area contributed by atoms with Crippen LogP contribution in [-0.2, 0) is 4.79 Å². The lowest BCUT2D eigenvalue weighted by atomic mass is 9.94.